The molecular formula is C40H75N7O19. The van der Waals surface area contributed by atoms with Crippen LogP contribution in [-0.4, -0.2) is 239 Å². The van der Waals surface area contributed by atoms with Crippen molar-refractivity contribution in [1.82, 2.24) is 15.5 Å². The van der Waals surface area contributed by atoms with E-state index in [2.05, 4.69) is 20.5 Å². The van der Waals surface area contributed by atoms with Crippen LogP contribution in [0.25, 0.3) is 0 Å². The fourth-order valence-electron chi connectivity index (χ4n) is 5.72. The second-order valence-corrected chi connectivity index (χ2v) is 14.1. The summed E-state index contributed by atoms with van der Waals surface area (Å²) in [7, 11) is 0. The van der Waals surface area contributed by atoms with E-state index in [0.29, 0.717) is 112 Å². The molecule has 384 valence electrons. The van der Waals surface area contributed by atoms with Crippen LogP contribution in [0.2, 0.25) is 0 Å². The summed E-state index contributed by atoms with van der Waals surface area (Å²) >= 11 is 0. The molecule has 1 aliphatic heterocycles. The van der Waals surface area contributed by atoms with Crippen molar-refractivity contribution in [3.63, 3.8) is 0 Å². The van der Waals surface area contributed by atoms with Crippen molar-refractivity contribution in [3.05, 3.63) is 11.8 Å². The van der Waals surface area contributed by atoms with Gasteiger partial charge >= 0.3 is 5.97 Å². The van der Waals surface area contributed by atoms with Crippen LogP contribution < -0.4 is 28.0 Å². The number of carboxylic acids is 1. The topological polar surface area (TPSA) is 357 Å². The summed E-state index contributed by atoms with van der Waals surface area (Å²) in [4.78, 5) is 59.6. The van der Waals surface area contributed by atoms with Crippen LogP contribution in [0.1, 0.15) is 26.7 Å². The average Bonchev–Trinajstić information content (AvgIpc) is 3.28. The number of aliphatic imine (C=N–C) groups is 1. The molecule has 26 heteroatoms. The number of amides is 3. The van der Waals surface area contributed by atoms with E-state index in [1.165, 1.54) is 6.92 Å². The third kappa shape index (κ3) is 30.4. The number of carbonyl (C=O) groups excluding carboxylic acids is 3. The second kappa shape index (κ2) is 40.2. The van der Waals surface area contributed by atoms with Crippen molar-refractivity contribution in [1.29, 1.82) is 0 Å². The predicted octanol–water partition coefficient (Wildman–Crippen LogP) is -3.98. The highest BCUT2D eigenvalue weighted by Gasteiger charge is 2.45. The number of carbonyl (C=O) groups is 4. The summed E-state index contributed by atoms with van der Waals surface area (Å²) in [5.41, 5.74) is 11.0. The molecule has 1 heterocycles. The fraction of sp³-hybridized carbons (Fsp3) is 0.825. The van der Waals surface area contributed by atoms with Gasteiger partial charge in [0, 0.05) is 33.2 Å². The van der Waals surface area contributed by atoms with Gasteiger partial charge in [-0.25, -0.2) is 15.7 Å². The maximum absolute atomic E-state index is 13.0. The van der Waals surface area contributed by atoms with Crippen molar-refractivity contribution in [2.45, 2.75) is 57.1 Å². The molecule has 0 spiro atoms. The van der Waals surface area contributed by atoms with Gasteiger partial charge in [-0.1, -0.05) is 6.92 Å². The third-order valence-electron chi connectivity index (χ3n) is 8.80. The lowest BCUT2D eigenvalue weighted by molar-refractivity contribution is -0.158. The number of aliphatic hydroxyl groups is 2. The van der Waals surface area contributed by atoms with Gasteiger partial charge in [0.15, 0.2) is 12.1 Å². The number of hydrogen-bond donors (Lipinski definition) is 8. The number of carboxylic acid groups (broad SMARTS) is 1. The number of rotatable bonds is 44. The molecule has 11 N–H and O–H groups in total. The summed E-state index contributed by atoms with van der Waals surface area (Å²) in [5, 5.41) is 35.1. The smallest absolute Gasteiger partial charge is 0.370 e. The van der Waals surface area contributed by atoms with E-state index in [0.717, 1.165) is 12.5 Å². The Morgan fingerprint density at radius 3 is 1.70 bits per heavy atom. The Kier molecular flexibility index (Phi) is 36.7. The van der Waals surface area contributed by atoms with Gasteiger partial charge in [-0.15, -0.1) is 0 Å². The van der Waals surface area contributed by atoms with E-state index in [1.54, 1.807) is 4.90 Å². The zero-order valence-corrected chi connectivity index (χ0v) is 38.3. The number of hydrogen-bond acceptors (Lipinski definition) is 20. The van der Waals surface area contributed by atoms with E-state index >= 15 is 0 Å². The molecule has 5 atom stereocenters. The van der Waals surface area contributed by atoms with Crippen molar-refractivity contribution < 1.29 is 91.4 Å². The zero-order valence-electron chi connectivity index (χ0n) is 38.3. The molecule has 0 aromatic heterocycles. The zero-order chi connectivity index (χ0) is 48.6. The highest BCUT2D eigenvalue weighted by molar-refractivity contribution is 5.85. The maximum atomic E-state index is 13.0. The molecule has 0 aromatic carbocycles. The Balaban J connectivity index is 2.33. The summed E-state index contributed by atoms with van der Waals surface area (Å²) in [5.74, 6) is 1.01. The van der Waals surface area contributed by atoms with Gasteiger partial charge < -0.3 is 99.3 Å². The Labute approximate surface area is 385 Å². The first-order valence-electron chi connectivity index (χ1n) is 21.9. The van der Waals surface area contributed by atoms with E-state index in [-0.39, 0.29) is 45.2 Å². The summed E-state index contributed by atoms with van der Waals surface area (Å²) < 4.78 is 60.5. The van der Waals surface area contributed by atoms with Gasteiger partial charge in [0.1, 0.15) is 18.8 Å². The molecule has 26 nitrogen and oxygen atoms in total. The molecule has 66 heavy (non-hydrogen) atoms. The van der Waals surface area contributed by atoms with Crippen molar-refractivity contribution in [2.24, 2.45) is 22.4 Å². The standard InChI is InChI=1S/C40H75N7O19/c1-3-8-55-11-6-47(35(52)4-9-56-13-14-58-15-16-59-17-18-60-19-20-61-21-22-62-23-24-63-25-26-65-43)7-12-57-10-5-44-34(51)29-64-37(32(50)28-48)38-36(45-30(2)49)31(46-40(41)42)27-33(66-38)39(53)54/h27,31-32,36-38,48,50H,3-26,28-29,43H2,1-2H3,(H,44,51)(H,45,49)(H,53,54)(H4,41,42,46)/t31-,32+,36+,37+,38+/m0/s1. The SMILES string of the molecule is CCCOCCN(CCOCCNC(=O)CO[C@@H]([C@@H]1OC(C(=O)O)=C[C@H](N=C(N)N)[C@H]1NC(C)=O)[C@H](O)CO)C(=O)CCOCCOCCOCCOCCOCCOCCOCCON. The largest absolute Gasteiger partial charge is 0.478 e. The van der Waals surface area contributed by atoms with Crippen molar-refractivity contribution in [3.8, 4) is 0 Å². The molecule has 0 bridgehead atoms. The van der Waals surface area contributed by atoms with E-state index < -0.39 is 73.1 Å². The molecule has 3 amide bonds. The predicted molar refractivity (Wildman–Crippen MR) is 233 cm³/mol. The van der Waals surface area contributed by atoms with Gasteiger partial charge in [-0.05, 0) is 12.5 Å². The first-order chi connectivity index (χ1) is 31.9. The lowest BCUT2D eigenvalue weighted by Gasteiger charge is -2.40. The summed E-state index contributed by atoms with van der Waals surface area (Å²) in [6.45, 7) is 9.41. The van der Waals surface area contributed by atoms with Crippen LogP contribution in [0, 0.1) is 0 Å². The molecule has 1 rings (SSSR count). The molecule has 0 saturated carbocycles. The first kappa shape index (κ1) is 60.1. The lowest BCUT2D eigenvalue weighted by Crippen LogP contribution is -2.60. The van der Waals surface area contributed by atoms with Crippen LogP contribution in [0.3, 0.4) is 0 Å². The molecule has 0 radical (unpaired) electrons. The van der Waals surface area contributed by atoms with Gasteiger partial charge in [-0.3, -0.25) is 14.4 Å². The van der Waals surface area contributed by atoms with Crippen molar-refractivity contribution in [2.75, 3.05) is 158 Å². The number of guanidine groups is 1. The van der Waals surface area contributed by atoms with Crippen LogP contribution in [0.5, 0.6) is 0 Å². The van der Waals surface area contributed by atoms with Crippen LogP contribution >= 0.6 is 0 Å². The number of aliphatic hydroxyl groups excluding tert-OH is 2. The molecule has 0 saturated heterocycles. The molecular weight excluding hydrogens is 882 g/mol. The Bertz CT molecular complexity index is 1350. The van der Waals surface area contributed by atoms with Gasteiger partial charge in [0.25, 0.3) is 0 Å². The Morgan fingerprint density at radius 2 is 1.24 bits per heavy atom. The highest BCUT2D eigenvalue weighted by atomic mass is 16.6. The molecule has 0 unspecified atom stereocenters. The maximum Gasteiger partial charge on any atom is 0.370 e. The molecule has 0 aromatic rings. The third-order valence-corrected chi connectivity index (χ3v) is 8.80. The van der Waals surface area contributed by atoms with Crippen molar-refractivity contribution >= 4 is 29.7 Å². The van der Waals surface area contributed by atoms with Gasteiger partial charge in [0.05, 0.1) is 144 Å². The summed E-state index contributed by atoms with van der Waals surface area (Å²) in [6, 6.07) is -2.33. The average molecular weight is 958 g/mol. The second-order valence-electron chi connectivity index (χ2n) is 14.1. The number of ether oxygens (including phenoxy) is 11. The van der Waals surface area contributed by atoms with E-state index in [9.17, 15) is 34.5 Å². The Hall–Kier alpha value is -3.87. The minimum Gasteiger partial charge on any atom is -0.478 e. The lowest BCUT2D eigenvalue weighted by atomic mass is 9.92. The summed E-state index contributed by atoms with van der Waals surface area (Å²) in [6.07, 6.45) is -2.63. The minimum absolute atomic E-state index is 0.0474. The van der Waals surface area contributed by atoms with E-state index in [4.69, 9.17) is 69.5 Å². The first-order valence-corrected chi connectivity index (χ1v) is 21.9. The monoisotopic (exact) mass is 958 g/mol. The fourth-order valence-corrected chi connectivity index (χ4v) is 5.72. The quantitative estimate of drug-likeness (QED) is 0.0125. The number of aliphatic carboxylic acids is 1. The number of nitrogens with zero attached hydrogens (tertiary/aromatic N) is 2. The minimum atomic E-state index is -1.68. The molecule has 1 aliphatic rings. The van der Waals surface area contributed by atoms with Crippen LogP contribution in [-0.2, 0) is 76.1 Å². The normalized spacial score (nSPS) is 16.7. The molecule has 0 aliphatic carbocycles. The van der Waals surface area contributed by atoms with Gasteiger partial charge in [-0.2, -0.15) is 0 Å². The van der Waals surface area contributed by atoms with Crippen LogP contribution in [0.4, 0.5) is 0 Å². The number of nitrogens with two attached hydrogens (primary N) is 3. The Morgan fingerprint density at radius 1 is 0.758 bits per heavy atom. The van der Waals surface area contributed by atoms with Gasteiger partial charge in [0.2, 0.25) is 23.5 Å². The van der Waals surface area contributed by atoms with E-state index in [1.807, 2.05) is 6.92 Å². The van der Waals surface area contributed by atoms with Crippen LogP contribution in [0.15, 0.2) is 16.8 Å². The molecule has 0 fully saturated rings. The highest BCUT2D eigenvalue weighted by Crippen LogP contribution is 2.26. The number of nitrogens with one attached hydrogen (secondary N) is 2.